The molecule has 0 radical (unpaired) electrons. The Kier molecular flexibility index (Phi) is 9.32. The quantitative estimate of drug-likeness (QED) is 0.264. The molecule has 1 aliphatic heterocycles. The Balaban J connectivity index is 1.46. The van der Waals surface area contributed by atoms with Crippen molar-refractivity contribution < 1.29 is 23.9 Å². The number of rotatable bonds is 10. The summed E-state index contributed by atoms with van der Waals surface area (Å²) in [6.45, 7) is 6.32. The standard InChI is InChI=1S/C30H29ClN2O5S/c1-4-37-25-15-21(14-24(31)28(25)38-18-20-8-6-5-7-9-20)16-26-29(35)33(30(36)39-26)17-27(34)32-23-12-10-22(11-13-23)19(2)3/h5-16,19H,4,17-18H2,1-3H3,(H,32,34)/b26-16-. The van der Waals surface area contributed by atoms with E-state index in [0.717, 1.165) is 27.8 Å². The van der Waals surface area contributed by atoms with Crippen molar-refractivity contribution in [1.82, 2.24) is 4.90 Å². The molecule has 3 aromatic carbocycles. The number of imide groups is 1. The van der Waals surface area contributed by atoms with E-state index in [1.807, 2.05) is 49.4 Å². The Hall–Kier alpha value is -3.75. The van der Waals surface area contributed by atoms with E-state index in [1.165, 1.54) is 0 Å². The molecule has 0 saturated carbocycles. The number of amides is 3. The number of thioether (sulfide) groups is 1. The molecule has 7 nitrogen and oxygen atoms in total. The zero-order chi connectivity index (χ0) is 27.9. The number of halogens is 1. The number of anilines is 1. The van der Waals surface area contributed by atoms with Crippen LogP contribution in [-0.4, -0.2) is 35.1 Å². The number of hydrogen-bond acceptors (Lipinski definition) is 6. The number of nitrogens with zero attached hydrogens (tertiary/aromatic N) is 1. The predicted octanol–water partition coefficient (Wildman–Crippen LogP) is 7.12. The van der Waals surface area contributed by atoms with Crippen molar-refractivity contribution in [2.45, 2.75) is 33.3 Å². The Morgan fingerprint density at radius 1 is 1.05 bits per heavy atom. The SMILES string of the molecule is CCOc1cc(/C=C2\SC(=O)N(CC(=O)Nc3ccc(C(C)C)cc3)C2=O)cc(Cl)c1OCc1ccccc1. The van der Waals surface area contributed by atoms with Crippen LogP contribution < -0.4 is 14.8 Å². The van der Waals surface area contributed by atoms with E-state index in [0.29, 0.717) is 46.9 Å². The Morgan fingerprint density at radius 3 is 2.44 bits per heavy atom. The lowest BCUT2D eigenvalue weighted by molar-refractivity contribution is -0.127. The number of ether oxygens (including phenoxy) is 2. The molecule has 9 heteroatoms. The van der Waals surface area contributed by atoms with E-state index in [4.69, 9.17) is 21.1 Å². The fraction of sp³-hybridized carbons (Fsp3) is 0.233. The van der Waals surface area contributed by atoms with E-state index in [-0.39, 0.29) is 11.4 Å². The van der Waals surface area contributed by atoms with Crippen molar-refractivity contribution in [3.63, 3.8) is 0 Å². The van der Waals surface area contributed by atoms with Gasteiger partial charge >= 0.3 is 0 Å². The number of carbonyl (C=O) groups is 3. The van der Waals surface area contributed by atoms with Crippen molar-refractivity contribution in [2.75, 3.05) is 18.5 Å². The van der Waals surface area contributed by atoms with Gasteiger partial charge in [0.15, 0.2) is 11.5 Å². The molecular weight excluding hydrogens is 536 g/mol. The summed E-state index contributed by atoms with van der Waals surface area (Å²) < 4.78 is 11.7. The molecule has 1 fully saturated rings. The lowest BCUT2D eigenvalue weighted by atomic mass is 10.0. The molecule has 3 aromatic rings. The maximum Gasteiger partial charge on any atom is 0.294 e. The van der Waals surface area contributed by atoms with Crippen molar-refractivity contribution in [2.24, 2.45) is 0 Å². The predicted molar refractivity (Wildman–Crippen MR) is 155 cm³/mol. The molecule has 1 N–H and O–H groups in total. The summed E-state index contributed by atoms with van der Waals surface area (Å²) >= 11 is 7.30. The van der Waals surface area contributed by atoms with E-state index >= 15 is 0 Å². The first-order valence-corrected chi connectivity index (χ1v) is 13.7. The van der Waals surface area contributed by atoms with Gasteiger partial charge in [-0.3, -0.25) is 19.3 Å². The first-order chi connectivity index (χ1) is 18.7. The average Bonchev–Trinajstić information content (AvgIpc) is 3.16. The van der Waals surface area contributed by atoms with Crippen LogP contribution in [-0.2, 0) is 16.2 Å². The van der Waals surface area contributed by atoms with E-state index in [2.05, 4.69) is 19.2 Å². The highest BCUT2D eigenvalue weighted by molar-refractivity contribution is 8.18. The molecule has 3 amide bonds. The van der Waals surface area contributed by atoms with Crippen LogP contribution >= 0.6 is 23.4 Å². The third kappa shape index (κ3) is 7.22. The fourth-order valence-electron chi connectivity index (χ4n) is 3.89. The summed E-state index contributed by atoms with van der Waals surface area (Å²) in [5.74, 6) is 0.181. The van der Waals surface area contributed by atoms with Gasteiger partial charge in [0.1, 0.15) is 13.2 Å². The minimum absolute atomic E-state index is 0.186. The van der Waals surface area contributed by atoms with Crippen molar-refractivity contribution >= 4 is 52.2 Å². The normalized spacial score (nSPS) is 14.3. The van der Waals surface area contributed by atoms with Gasteiger partial charge in [0.2, 0.25) is 5.91 Å². The number of nitrogens with one attached hydrogen (secondary N) is 1. The van der Waals surface area contributed by atoms with Crippen LogP contribution in [0.15, 0.2) is 71.6 Å². The molecule has 0 aromatic heterocycles. The minimum atomic E-state index is -0.547. The molecule has 4 rings (SSSR count). The van der Waals surface area contributed by atoms with E-state index in [9.17, 15) is 14.4 Å². The van der Waals surface area contributed by atoms with Gasteiger partial charge in [0.05, 0.1) is 16.5 Å². The van der Waals surface area contributed by atoms with Crippen molar-refractivity contribution in [3.05, 3.63) is 93.3 Å². The van der Waals surface area contributed by atoms with E-state index in [1.54, 1.807) is 30.3 Å². The molecule has 39 heavy (non-hydrogen) atoms. The third-order valence-electron chi connectivity index (χ3n) is 5.89. The zero-order valence-corrected chi connectivity index (χ0v) is 23.5. The summed E-state index contributed by atoms with van der Waals surface area (Å²) in [6, 6.07) is 20.5. The first-order valence-electron chi connectivity index (χ1n) is 12.5. The maximum absolute atomic E-state index is 13.0. The first kappa shape index (κ1) is 28.3. The van der Waals surface area contributed by atoms with Crippen LogP contribution in [0.1, 0.15) is 43.4 Å². The maximum atomic E-state index is 13.0. The molecule has 1 saturated heterocycles. The van der Waals surface area contributed by atoms with Crippen LogP contribution in [0.2, 0.25) is 5.02 Å². The van der Waals surface area contributed by atoms with Gasteiger partial charge in [-0.15, -0.1) is 0 Å². The molecule has 1 heterocycles. The molecule has 0 aliphatic carbocycles. The largest absolute Gasteiger partial charge is 0.490 e. The topological polar surface area (TPSA) is 84.9 Å². The van der Waals surface area contributed by atoms with Gasteiger partial charge in [0.25, 0.3) is 11.1 Å². The van der Waals surface area contributed by atoms with Crippen LogP contribution in [0, 0.1) is 0 Å². The van der Waals surface area contributed by atoms with E-state index < -0.39 is 17.1 Å². The smallest absolute Gasteiger partial charge is 0.294 e. The van der Waals surface area contributed by atoms with Gasteiger partial charge in [-0.05, 0) is 71.6 Å². The Bertz CT molecular complexity index is 1390. The highest BCUT2D eigenvalue weighted by Crippen LogP contribution is 2.39. The number of carbonyl (C=O) groups excluding carboxylic acids is 3. The molecule has 0 bridgehead atoms. The van der Waals surface area contributed by atoms with Crippen LogP contribution in [0.3, 0.4) is 0 Å². The second-order valence-electron chi connectivity index (χ2n) is 9.13. The number of hydrogen-bond donors (Lipinski definition) is 1. The van der Waals surface area contributed by atoms with Gasteiger partial charge in [0, 0.05) is 5.69 Å². The summed E-state index contributed by atoms with van der Waals surface area (Å²) in [5, 5.41) is 2.53. The molecule has 0 atom stereocenters. The van der Waals surface area contributed by atoms with Crippen LogP contribution in [0.4, 0.5) is 10.5 Å². The molecular formula is C30H29ClN2O5S. The summed E-state index contributed by atoms with van der Waals surface area (Å²) in [6.07, 6.45) is 1.56. The average molecular weight is 565 g/mol. The fourth-order valence-corrected chi connectivity index (χ4v) is 5.00. The lowest BCUT2D eigenvalue weighted by Crippen LogP contribution is -2.36. The summed E-state index contributed by atoms with van der Waals surface area (Å²) in [5.41, 5.74) is 3.29. The Labute approximate surface area is 237 Å². The van der Waals surface area contributed by atoms with Gasteiger partial charge in [-0.1, -0.05) is 67.9 Å². The van der Waals surface area contributed by atoms with Crippen LogP contribution in [0.5, 0.6) is 11.5 Å². The van der Waals surface area contributed by atoms with Gasteiger partial charge in [-0.2, -0.15) is 0 Å². The molecule has 202 valence electrons. The monoisotopic (exact) mass is 564 g/mol. The van der Waals surface area contributed by atoms with Crippen molar-refractivity contribution in [1.29, 1.82) is 0 Å². The van der Waals surface area contributed by atoms with Crippen molar-refractivity contribution in [3.8, 4) is 11.5 Å². The molecule has 1 aliphatic rings. The zero-order valence-electron chi connectivity index (χ0n) is 21.9. The Morgan fingerprint density at radius 2 is 1.77 bits per heavy atom. The minimum Gasteiger partial charge on any atom is -0.490 e. The highest BCUT2D eigenvalue weighted by atomic mass is 35.5. The second-order valence-corrected chi connectivity index (χ2v) is 10.5. The van der Waals surface area contributed by atoms with Gasteiger partial charge in [-0.25, -0.2) is 0 Å². The molecule has 0 unspecified atom stereocenters. The summed E-state index contributed by atoms with van der Waals surface area (Å²) in [7, 11) is 0. The summed E-state index contributed by atoms with van der Waals surface area (Å²) in [4.78, 5) is 39.3. The highest BCUT2D eigenvalue weighted by Gasteiger charge is 2.36. The second kappa shape index (κ2) is 12.9. The van der Waals surface area contributed by atoms with Crippen LogP contribution in [0.25, 0.3) is 6.08 Å². The lowest BCUT2D eigenvalue weighted by Gasteiger charge is -2.15. The third-order valence-corrected chi connectivity index (χ3v) is 7.08. The molecule has 0 spiro atoms. The van der Waals surface area contributed by atoms with Gasteiger partial charge < -0.3 is 14.8 Å². The number of benzene rings is 3.